The Bertz CT molecular complexity index is 8.00. The van der Waals surface area contributed by atoms with Gasteiger partial charge >= 0.3 is 65.1 Å². The zero-order chi connectivity index (χ0) is 3.58. The molecule has 4 heavy (non-hydrogen) atoms. The zero-order valence-corrected chi connectivity index (χ0v) is 10.2. The Morgan fingerprint density at radius 1 is 1.00 bits per heavy atom. The summed E-state index contributed by atoms with van der Waals surface area (Å²) < 4.78 is -0.423. The van der Waals surface area contributed by atoms with E-state index >= 15 is 0 Å². The Hall–Kier alpha value is 2.73. The van der Waals surface area contributed by atoms with E-state index in [9.17, 15) is 0 Å². The van der Waals surface area contributed by atoms with Gasteiger partial charge in [0.1, 0.15) is 0 Å². The van der Waals surface area contributed by atoms with Crippen LogP contribution in [0.3, 0.4) is 0 Å². The molecule has 0 saturated heterocycles. The van der Waals surface area contributed by atoms with Crippen molar-refractivity contribution >= 4 is 65.1 Å². The van der Waals surface area contributed by atoms with E-state index in [0.717, 1.165) is 0 Å². The molecule has 1 radical (unpaired) electrons. The molecule has 0 aliphatic rings. The Morgan fingerprint density at radius 3 is 1.00 bits per heavy atom. The summed E-state index contributed by atoms with van der Waals surface area (Å²) in [6.45, 7) is 0. The van der Waals surface area contributed by atoms with E-state index in [4.69, 9.17) is 0 Å². The van der Waals surface area contributed by atoms with Crippen molar-refractivity contribution in [3.63, 3.8) is 0 Å². The third kappa shape index (κ3) is 8.83. The van der Waals surface area contributed by atoms with Crippen LogP contribution in [-0.2, 0) is 0 Å². The average molecular weight is 453 g/mol. The normalized spacial score (nSPS) is 9.00. The summed E-state index contributed by atoms with van der Waals surface area (Å²) in [5.74, 6) is 0. The van der Waals surface area contributed by atoms with Crippen LogP contribution in [0.25, 0.3) is 0 Å². The third-order valence-corrected chi connectivity index (χ3v) is 0. The second-order valence-electron chi connectivity index (χ2n) is 0.214. The first-order valence-electron chi connectivity index (χ1n) is 0.567. The summed E-state index contributed by atoms with van der Waals surface area (Å²) in [7, 11) is 0. The minimum atomic E-state index is -0.423. The molecule has 0 saturated carbocycles. The standard InChI is InChI=1S/GeI3/c2-1(3)4. The molecular formula is GeI3. The van der Waals surface area contributed by atoms with E-state index in [0.29, 0.717) is 0 Å². The molecule has 0 aliphatic carbocycles. The summed E-state index contributed by atoms with van der Waals surface area (Å²) in [5, 5.41) is 0. The van der Waals surface area contributed by atoms with Gasteiger partial charge in [0.05, 0.1) is 0 Å². The van der Waals surface area contributed by atoms with Gasteiger partial charge in [0, 0.05) is 0 Å². The summed E-state index contributed by atoms with van der Waals surface area (Å²) in [4.78, 5) is 0. The summed E-state index contributed by atoms with van der Waals surface area (Å²) in [5.41, 5.74) is 0. The molecular weight excluding hydrogens is 453 g/mol. The molecule has 0 atom stereocenters. The van der Waals surface area contributed by atoms with Crippen molar-refractivity contribution in [1.82, 2.24) is 0 Å². The molecule has 0 aromatic carbocycles. The van der Waals surface area contributed by atoms with Gasteiger partial charge in [-0.3, -0.25) is 0 Å². The van der Waals surface area contributed by atoms with Gasteiger partial charge in [0.2, 0.25) is 0 Å². The fourth-order valence-corrected chi connectivity index (χ4v) is 0. The van der Waals surface area contributed by atoms with Gasteiger partial charge < -0.3 is 0 Å². The first-order valence-corrected chi connectivity index (χ1v) is 19.8. The summed E-state index contributed by atoms with van der Waals surface area (Å²) in [6, 6.07) is 0. The molecule has 0 aromatic heterocycles. The number of hydrogen-bond donors (Lipinski definition) is 0. The maximum atomic E-state index is 2.48. The SMILES string of the molecule is [I][Ge]([I])[I]. The average Bonchev–Trinajstić information content (AvgIpc) is 0.811. The predicted molar refractivity (Wildman–Crippen MR) is 47.8 cm³/mol. The topological polar surface area (TPSA) is 0 Å². The molecule has 0 amide bonds. The fraction of sp³-hybridized carbons (Fsp3) is 0. The fourth-order valence-electron chi connectivity index (χ4n) is 0. The molecule has 0 bridgehead atoms. The van der Waals surface area contributed by atoms with Gasteiger partial charge in [-0.2, -0.15) is 0 Å². The van der Waals surface area contributed by atoms with Crippen LogP contribution in [-0.4, -0.2) is 4.42 Å². The quantitative estimate of drug-likeness (QED) is 0.390. The number of hydrogen-bond acceptors (Lipinski definition) is 0. The van der Waals surface area contributed by atoms with Crippen molar-refractivity contribution in [3.8, 4) is 0 Å². The first kappa shape index (κ1) is 6.73. The van der Waals surface area contributed by atoms with Crippen LogP contribution in [0.5, 0.6) is 0 Å². The monoisotopic (exact) mass is 455 g/mol. The van der Waals surface area contributed by atoms with Crippen molar-refractivity contribution in [1.29, 1.82) is 0 Å². The number of halogens is 3. The molecule has 0 heterocycles. The van der Waals surface area contributed by atoms with E-state index in [1.807, 2.05) is 0 Å². The molecule has 0 nitrogen and oxygen atoms in total. The maximum absolute atomic E-state index is 2.48. The van der Waals surface area contributed by atoms with Crippen LogP contribution in [0.4, 0.5) is 0 Å². The Labute approximate surface area is 63.4 Å². The van der Waals surface area contributed by atoms with Crippen molar-refractivity contribution in [2.45, 2.75) is 0 Å². The van der Waals surface area contributed by atoms with Crippen LogP contribution in [0.1, 0.15) is 0 Å². The molecule has 4 heteroatoms. The predicted octanol–water partition coefficient (Wildman–Crippen LogP) is 2.28. The summed E-state index contributed by atoms with van der Waals surface area (Å²) >= 11 is 7.45. The third-order valence-electron chi connectivity index (χ3n) is 0. The Kier molecular flexibility index (Phi) is 6.58. The van der Waals surface area contributed by atoms with Crippen LogP contribution < -0.4 is 0 Å². The molecule has 0 spiro atoms. The van der Waals surface area contributed by atoms with E-state index in [1.54, 1.807) is 0 Å². The van der Waals surface area contributed by atoms with Crippen LogP contribution in [0.15, 0.2) is 0 Å². The van der Waals surface area contributed by atoms with Crippen LogP contribution in [0, 0.1) is 0 Å². The molecule has 0 N–H and O–H groups in total. The first-order chi connectivity index (χ1) is 1.73. The van der Waals surface area contributed by atoms with Gasteiger partial charge in [-0.25, -0.2) is 0 Å². The van der Waals surface area contributed by atoms with Gasteiger partial charge in [-0.05, 0) is 0 Å². The minimum absolute atomic E-state index is 0.423. The van der Waals surface area contributed by atoms with E-state index in [2.05, 4.69) is 60.6 Å². The number of rotatable bonds is 0. The molecule has 0 rings (SSSR count). The Morgan fingerprint density at radius 2 is 1.00 bits per heavy atom. The van der Waals surface area contributed by atoms with E-state index in [1.165, 1.54) is 0 Å². The van der Waals surface area contributed by atoms with Crippen molar-refractivity contribution < 1.29 is 0 Å². The summed E-state index contributed by atoms with van der Waals surface area (Å²) in [6.07, 6.45) is 0. The van der Waals surface area contributed by atoms with Gasteiger partial charge in [0.15, 0.2) is 0 Å². The molecule has 0 unspecified atom stereocenters. The van der Waals surface area contributed by atoms with E-state index < -0.39 is 4.42 Å². The zero-order valence-electron chi connectivity index (χ0n) is 1.63. The second-order valence-corrected chi connectivity index (χ2v) is 50.1. The van der Waals surface area contributed by atoms with Gasteiger partial charge in [0.25, 0.3) is 0 Å². The van der Waals surface area contributed by atoms with Crippen molar-refractivity contribution in [2.24, 2.45) is 0 Å². The van der Waals surface area contributed by atoms with Gasteiger partial charge in [-0.15, -0.1) is 0 Å². The van der Waals surface area contributed by atoms with Crippen LogP contribution in [0.2, 0.25) is 0 Å². The molecule has 25 valence electrons. The molecule has 0 fully saturated rings. The van der Waals surface area contributed by atoms with E-state index in [-0.39, 0.29) is 0 Å². The molecule has 0 aromatic rings. The van der Waals surface area contributed by atoms with Crippen molar-refractivity contribution in [3.05, 3.63) is 0 Å². The van der Waals surface area contributed by atoms with Crippen molar-refractivity contribution in [2.75, 3.05) is 0 Å². The van der Waals surface area contributed by atoms with Gasteiger partial charge in [-0.1, -0.05) is 0 Å². The second kappa shape index (κ2) is 3.91. The molecule has 0 aliphatic heterocycles. The van der Waals surface area contributed by atoms with Crippen LogP contribution >= 0.6 is 60.6 Å². The Balaban J connectivity index is 2.32.